The summed E-state index contributed by atoms with van der Waals surface area (Å²) in [5.41, 5.74) is 4.46. The van der Waals surface area contributed by atoms with Crippen molar-refractivity contribution in [2.45, 2.75) is 20.0 Å². The summed E-state index contributed by atoms with van der Waals surface area (Å²) in [7, 11) is 0. The Labute approximate surface area is 152 Å². The van der Waals surface area contributed by atoms with Crippen molar-refractivity contribution in [3.63, 3.8) is 0 Å². The Balaban J connectivity index is 1.58. The van der Waals surface area contributed by atoms with Gasteiger partial charge in [0.15, 0.2) is 0 Å². The zero-order valence-electron chi connectivity index (χ0n) is 14.5. The fraction of sp³-hybridized carbons (Fsp3) is 0.143. The molecule has 1 heterocycles. The van der Waals surface area contributed by atoms with Crippen LogP contribution >= 0.6 is 0 Å². The monoisotopic (exact) mass is 349 g/mol. The minimum absolute atomic E-state index is 0.221. The van der Waals surface area contributed by atoms with Crippen molar-refractivity contribution in [3.05, 3.63) is 95.1 Å². The maximum atomic E-state index is 12.9. The third kappa shape index (κ3) is 4.89. The molecule has 3 rings (SSSR count). The van der Waals surface area contributed by atoms with Gasteiger partial charge in [0, 0.05) is 25.5 Å². The lowest BCUT2D eigenvalue weighted by molar-refractivity contribution is 0.0950. The molecule has 5 heteroatoms. The first-order valence-corrected chi connectivity index (χ1v) is 8.37. The van der Waals surface area contributed by atoms with Crippen molar-refractivity contribution in [2.75, 3.05) is 5.32 Å². The average Bonchev–Trinajstić information content (AvgIpc) is 2.67. The molecule has 4 nitrogen and oxygen atoms in total. The summed E-state index contributed by atoms with van der Waals surface area (Å²) >= 11 is 0. The number of rotatable bonds is 6. The zero-order chi connectivity index (χ0) is 18.4. The molecular formula is C21H20FN3O. The normalized spacial score (nSPS) is 10.4. The van der Waals surface area contributed by atoms with Gasteiger partial charge in [0.05, 0.1) is 11.3 Å². The van der Waals surface area contributed by atoms with Gasteiger partial charge in [-0.3, -0.25) is 9.78 Å². The number of benzene rings is 2. The lowest BCUT2D eigenvalue weighted by atomic mass is 10.1. The first kappa shape index (κ1) is 17.6. The van der Waals surface area contributed by atoms with Crippen LogP contribution in [0.1, 0.15) is 27.0 Å². The van der Waals surface area contributed by atoms with Crippen molar-refractivity contribution < 1.29 is 9.18 Å². The van der Waals surface area contributed by atoms with Gasteiger partial charge in [-0.15, -0.1) is 0 Å². The highest BCUT2D eigenvalue weighted by Crippen LogP contribution is 2.12. The maximum Gasteiger partial charge on any atom is 0.253 e. The van der Waals surface area contributed by atoms with E-state index in [0.29, 0.717) is 18.7 Å². The molecule has 1 aromatic heterocycles. The van der Waals surface area contributed by atoms with Gasteiger partial charge in [-0.2, -0.15) is 0 Å². The van der Waals surface area contributed by atoms with Crippen molar-refractivity contribution in [1.29, 1.82) is 0 Å². The van der Waals surface area contributed by atoms with E-state index < -0.39 is 0 Å². The molecule has 0 radical (unpaired) electrons. The van der Waals surface area contributed by atoms with Crippen LogP contribution in [-0.2, 0) is 13.1 Å². The second-order valence-corrected chi connectivity index (χ2v) is 6.11. The molecule has 132 valence electrons. The van der Waals surface area contributed by atoms with E-state index >= 15 is 0 Å². The Bertz CT molecular complexity index is 877. The van der Waals surface area contributed by atoms with Gasteiger partial charge in [-0.1, -0.05) is 42.0 Å². The average molecular weight is 349 g/mol. The molecule has 3 aromatic rings. The molecule has 0 saturated carbocycles. The predicted octanol–water partition coefficient (Wildman–Crippen LogP) is 4.07. The van der Waals surface area contributed by atoms with Crippen LogP contribution < -0.4 is 10.6 Å². The zero-order valence-corrected chi connectivity index (χ0v) is 14.5. The summed E-state index contributed by atoms with van der Waals surface area (Å²) in [6, 6.07) is 16.1. The number of aryl methyl sites for hydroxylation is 1. The summed E-state index contributed by atoms with van der Waals surface area (Å²) in [6.45, 7) is 3.04. The summed E-state index contributed by atoms with van der Waals surface area (Å²) in [5, 5.41) is 6.08. The standard InChI is InChI=1S/C21H20FN3O/c1-15-2-4-16(5-3-15)11-24-20-10-18(13-23-14-20)21(26)25-12-17-6-8-19(22)9-7-17/h2-10,13-14,24H,11-12H2,1H3,(H,25,26). The highest BCUT2D eigenvalue weighted by Gasteiger charge is 2.07. The summed E-state index contributed by atoms with van der Waals surface area (Å²) in [5.74, 6) is -0.516. The Hall–Kier alpha value is -3.21. The fourth-order valence-corrected chi connectivity index (χ4v) is 2.46. The molecule has 2 N–H and O–H groups in total. The van der Waals surface area contributed by atoms with Gasteiger partial charge in [0.2, 0.25) is 0 Å². The van der Waals surface area contributed by atoms with Crippen LogP contribution in [0.4, 0.5) is 10.1 Å². The molecule has 0 aliphatic rings. The highest BCUT2D eigenvalue weighted by atomic mass is 19.1. The van der Waals surface area contributed by atoms with Crippen LogP contribution in [0.2, 0.25) is 0 Å². The number of nitrogens with one attached hydrogen (secondary N) is 2. The second-order valence-electron chi connectivity index (χ2n) is 6.11. The third-order valence-corrected chi connectivity index (χ3v) is 3.98. The largest absolute Gasteiger partial charge is 0.380 e. The summed E-state index contributed by atoms with van der Waals surface area (Å²) < 4.78 is 12.9. The van der Waals surface area contributed by atoms with Crippen LogP contribution in [0.3, 0.4) is 0 Å². The SMILES string of the molecule is Cc1ccc(CNc2cncc(C(=O)NCc3ccc(F)cc3)c2)cc1. The van der Waals surface area contributed by atoms with Crippen LogP contribution in [0.5, 0.6) is 0 Å². The molecular weight excluding hydrogens is 329 g/mol. The van der Waals surface area contributed by atoms with Gasteiger partial charge in [0.1, 0.15) is 5.82 Å². The number of anilines is 1. The minimum atomic E-state index is -0.295. The molecule has 0 aliphatic heterocycles. The summed E-state index contributed by atoms with van der Waals surface area (Å²) in [6.07, 6.45) is 3.21. The number of carbonyl (C=O) groups is 1. The molecule has 0 unspecified atom stereocenters. The van der Waals surface area contributed by atoms with E-state index in [1.54, 1.807) is 24.4 Å². The molecule has 0 bridgehead atoms. The number of aromatic nitrogens is 1. The van der Waals surface area contributed by atoms with Crippen molar-refractivity contribution in [3.8, 4) is 0 Å². The third-order valence-electron chi connectivity index (χ3n) is 3.98. The quantitative estimate of drug-likeness (QED) is 0.705. The number of hydrogen-bond acceptors (Lipinski definition) is 3. The first-order valence-electron chi connectivity index (χ1n) is 8.37. The Morgan fingerprint density at radius 2 is 1.62 bits per heavy atom. The van der Waals surface area contributed by atoms with Crippen molar-refractivity contribution in [1.82, 2.24) is 10.3 Å². The van der Waals surface area contributed by atoms with Crippen LogP contribution in [0.15, 0.2) is 67.0 Å². The van der Waals surface area contributed by atoms with Crippen molar-refractivity contribution in [2.24, 2.45) is 0 Å². The fourth-order valence-electron chi connectivity index (χ4n) is 2.46. The Morgan fingerprint density at radius 1 is 0.962 bits per heavy atom. The van der Waals surface area contributed by atoms with Gasteiger partial charge in [0.25, 0.3) is 5.91 Å². The second kappa shape index (κ2) is 8.25. The van der Waals surface area contributed by atoms with E-state index in [1.165, 1.54) is 23.9 Å². The van der Waals surface area contributed by atoms with E-state index in [-0.39, 0.29) is 11.7 Å². The Kier molecular flexibility index (Phi) is 5.59. The molecule has 1 amide bonds. The van der Waals surface area contributed by atoms with E-state index in [2.05, 4.69) is 46.8 Å². The van der Waals surface area contributed by atoms with Crippen LogP contribution in [0, 0.1) is 12.7 Å². The van der Waals surface area contributed by atoms with Gasteiger partial charge in [-0.25, -0.2) is 4.39 Å². The highest BCUT2D eigenvalue weighted by molar-refractivity contribution is 5.94. The topological polar surface area (TPSA) is 54.0 Å². The van der Waals surface area contributed by atoms with Gasteiger partial charge in [-0.05, 0) is 36.2 Å². The number of halogens is 1. The molecule has 2 aromatic carbocycles. The predicted molar refractivity (Wildman–Crippen MR) is 100 cm³/mol. The molecule has 0 fully saturated rings. The molecule has 0 atom stereocenters. The number of amides is 1. The number of nitrogens with zero attached hydrogens (tertiary/aromatic N) is 1. The maximum absolute atomic E-state index is 12.9. The molecule has 26 heavy (non-hydrogen) atoms. The van der Waals surface area contributed by atoms with Crippen molar-refractivity contribution >= 4 is 11.6 Å². The lowest BCUT2D eigenvalue weighted by Gasteiger charge is -2.09. The smallest absolute Gasteiger partial charge is 0.253 e. The van der Waals surface area contributed by atoms with Gasteiger partial charge < -0.3 is 10.6 Å². The van der Waals surface area contributed by atoms with Crippen LogP contribution in [0.25, 0.3) is 0 Å². The molecule has 0 aliphatic carbocycles. The first-order chi connectivity index (χ1) is 12.6. The molecule has 0 spiro atoms. The van der Waals surface area contributed by atoms with E-state index in [9.17, 15) is 9.18 Å². The minimum Gasteiger partial charge on any atom is -0.380 e. The number of hydrogen-bond donors (Lipinski definition) is 2. The van der Waals surface area contributed by atoms with E-state index in [0.717, 1.165) is 16.8 Å². The Morgan fingerprint density at radius 3 is 2.35 bits per heavy atom. The van der Waals surface area contributed by atoms with E-state index in [4.69, 9.17) is 0 Å². The molecule has 0 saturated heterocycles. The number of pyridine rings is 1. The summed E-state index contributed by atoms with van der Waals surface area (Å²) in [4.78, 5) is 16.4. The lowest BCUT2D eigenvalue weighted by Crippen LogP contribution is -2.23. The van der Waals surface area contributed by atoms with Crippen LogP contribution in [-0.4, -0.2) is 10.9 Å². The van der Waals surface area contributed by atoms with Gasteiger partial charge >= 0.3 is 0 Å². The van der Waals surface area contributed by atoms with E-state index in [1.807, 2.05) is 0 Å². The number of carbonyl (C=O) groups excluding carboxylic acids is 1.